The van der Waals surface area contributed by atoms with Crippen molar-refractivity contribution in [2.45, 2.75) is 20.3 Å². The van der Waals surface area contributed by atoms with Gasteiger partial charge in [-0.3, -0.25) is 5.32 Å². The van der Waals surface area contributed by atoms with Gasteiger partial charge in [0.2, 0.25) is 0 Å². The highest BCUT2D eigenvalue weighted by Crippen LogP contribution is 2.37. The van der Waals surface area contributed by atoms with Gasteiger partial charge in [0, 0.05) is 16.6 Å². The third-order valence-electron chi connectivity index (χ3n) is 4.17. The predicted molar refractivity (Wildman–Crippen MR) is 121 cm³/mol. The van der Waals surface area contributed by atoms with E-state index in [1.807, 2.05) is 54.8 Å². The Morgan fingerprint density at radius 3 is 2.37 bits per heavy atom. The van der Waals surface area contributed by atoms with Crippen molar-refractivity contribution in [1.82, 2.24) is 0 Å². The molecule has 0 saturated carbocycles. The van der Waals surface area contributed by atoms with Crippen molar-refractivity contribution < 1.29 is 19.1 Å². The van der Waals surface area contributed by atoms with E-state index in [-0.39, 0.29) is 6.61 Å². The van der Waals surface area contributed by atoms with Crippen LogP contribution in [0.3, 0.4) is 0 Å². The van der Waals surface area contributed by atoms with Crippen LogP contribution < -0.4 is 15.4 Å². The number of carbonyl (C=O) groups is 2. The van der Waals surface area contributed by atoms with Crippen LogP contribution in [0.4, 0.5) is 15.5 Å². The van der Waals surface area contributed by atoms with Crippen LogP contribution in [-0.2, 0) is 4.74 Å². The highest BCUT2D eigenvalue weighted by Gasteiger charge is 2.23. The normalized spacial score (nSPS) is 10.3. The molecule has 7 heteroatoms. The Labute approximate surface area is 179 Å². The van der Waals surface area contributed by atoms with Gasteiger partial charge in [0.25, 0.3) is 0 Å². The molecule has 0 saturated heterocycles. The van der Waals surface area contributed by atoms with Gasteiger partial charge >= 0.3 is 12.0 Å². The molecular weight excluding hydrogens is 400 g/mol. The maximum Gasteiger partial charge on any atom is 0.341 e. The van der Waals surface area contributed by atoms with Crippen LogP contribution in [0, 0.1) is 0 Å². The average Bonchev–Trinajstić information content (AvgIpc) is 3.17. The number of rotatable bonds is 8. The van der Waals surface area contributed by atoms with E-state index in [1.54, 1.807) is 19.1 Å². The predicted octanol–water partition coefficient (Wildman–Crippen LogP) is 6.02. The zero-order valence-corrected chi connectivity index (χ0v) is 17.8. The number of esters is 1. The van der Waals surface area contributed by atoms with E-state index >= 15 is 0 Å². The second-order valence-corrected chi connectivity index (χ2v) is 7.27. The van der Waals surface area contributed by atoms with Gasteiger partial charge in [-0.1, -0.05) is 37.3 Å². The molecule has 0 spiro atoms. The first-order valence-electron chi connectivity index (χ1n) is 9.77. The first kappa shape index (κ1) is 21.4. The number of amides is 2. The number of benzene rings is 2. The van der Waals surface area contributed by atoms with E-state index in [0.717, 1.165) is 17.7 Å². The van der Waals surface area contributed by atoms with Gasteiger partial charge in [0.15, 0.2) is 0 Å². The maximum atomic E-state index is 12.7. The SMILES string of the molecule is CCCOc1ccc(-c2csc(NC(=O)Nc3ccccc3)c2C(=O)OCC)cc1. The van der Waals surface area contributed by atoms with E-state index in [2.05, 4.69) is 10.6 Å². The minimum Gasteiger partial charge on any atom is -0.494 e. The number of hydrogen-bond acceptors (Lipinski definition) is 5. The van der Waals surface area contributed by atoms with Crippen molar-refractivity contribution in [1.29, 1.82) is 0 Å². The molecule has 156 valence electrons. The van der Waals surface area contributed by atoms with Gasteiger partial charge in [-0.15, -0.1) is 11.3 Å². The van der Waals surface area contributed by atoms with Crippen LogP contribution in [-0.4, -0.2) is 25.2 Å². The average molecular weight is 425 g/mol. The standard InChI is InChI=1S/C23H24N2O4S/c1-3-14-29-18-12-10-16(11-13-18)19-15-30-21(20(19)22(26)28-4-2)25-23(27)24-17-8-6-5-7-9-17/h5-13,15H,3-4,14H2,1-2H3,(H2,24,25,27). The third-order valence-corrected chi connectivity index (χ3v) is 5.06. The van der Waals surface area contributed by atoms with Gasteiger partial charge in [-0.05, 0) is 43.2 Å². The molecule has 6 nitrogen and oxygen atoms in total. The van der Waals surface area contributed by atoms with Crippen LogP contribution in [0.5, 0.6) is 5.75 Å². The van der Waals surface area contributed by atoms with E-state index in [0.29, 0.717) is 28.4 Å². The summed E-state index contributed by atoms with van der Waals surface area (Å²) in [7, 11) is 0. The lowest BCUT2D eigenvalue weighted by atomic mass is 10.0. The topological polar surface area (TPSA) is 76.7 Å². The van der Waals surface area contributed by atoms with Gasteiger partial charge in [-0.2, -0.15) is 0 Å². The largest absolute Gasteiger partial charge is 0.494 e. The molecule has 30 heavy (non-hydrogen) atoms. The summed E-state index contributed by atoms with van der Waals surface area (Å²) in [4.78, 5) is 25.1. The fourth-order valence-corrected chi connectivity index (χ4v) is 3.76. The van der Waals surface area contributed by atoms with Gasteiger partial charge in [-0.25, -0.2) is 9.59 Å². The number of para-hydroxylation sites is 1. The Balaban J connectivity index is 1.84. The summed E-state index contributed by atoms with van der Waals surface area (Å²) in [6.45, 7) is 4.69. The molecule has 0 radical (unpaired) electrons. The molecule has 0 aliphatic heterocycles. The number of ether oxygens (including phenoxy) is 2. The fraction of sp³-hybridized carbons (Fsp3) is 0.217. The summed E-state index contributed by atoms with van der Waals surface area (Å²) in [6.07, 6.45) is 0.930. The number of thiophene rings is 1. The summed E-state index contributed by atoms with van der Waals surface area (Å²) in [5.41, 5.74) is 2.55. The summed E-state index contributed by atoms with van der Waals surface area (Å²) >= 11 is 1.28. The first-order chi connectivity index (χ1) is 14.6. The number of carbonyl (C=O) groups excluding carboxylic acids is 2. The molecule has 0 fully saturated rings. The molecule has 2 aromatic carbocycles. The minimum atomic E-state index is -0.477. The van der Waals surface area contributed by atoms with Crippen molar-refractivity contribution in [2.75, 3.05) is 23.8 Å². The summed E-state index contributed by atoms with van der Waals surface area (Å²) < 4.78 is 10.9. The monoisotopic (exact) mass is 424 g/mol. The van der Waals surface area contributed by atoms with Gasteiger partial charge in [0.05, 0.1) is 13.2 Å². The maximum absolute atomic E-state index is 12.7. The third kappa shape index (κ3) is 5.39. The molecule has 2 N–H and O–H groups in total. The molecule has 0 unspecified atom stereocenters. The molecule has 0 aliphatic carbocycles. The molecule has 3 rings (SSSR count). The summed E-state index contributed by atoms with van der Waals surface area (Å²) in [5, 5.41) is 7.80. The zero-order valence-electron chi connectivity index (χ0n) is 16.9. The van der Waals surface area contributed by atoms with Gasteiger partial charge < -0.3 is 14.8 Å². The van der Waals surface area contributed by atoms with Crippen molar-refractivity contribution in [3.8, 4) is 16.9 Å². The van der Waals surface area contributed by atoms with E-state index in [9.17, 15) is 9.59 Å². The van der Waals surface area contributed by atoms with Crippen LogP contribution in [0.25, 0.3) is 11.1 Å². The van der Waals surface area contributed by atoms with E-state index in [4.69, 9.17) is 9.47 Å². The molecule has 1 heterocycles. The number of hydrogen-bond donors (Lipinski definition) is 2. The van der Waals surface area contributed by atoms with E-state index < -0.39 is 12.0 Å². The number of urea groups is 1. The molecular formula is C23H24N2O4S. The Hall–Kier alpha value is -3.32. The van der Waals surface area contributed by atoms with Crippen LogP contribution in [0.1, 0.15) is 30.6 Å². The van der Waals surface area contributed by atoms with Crippen LogP contribution in [0.15, 0.2) is 60.0 Å². The minimum absolute atomic E-state index is 0.244. The van der Waals surface area contributed by atoms with Gasteiger partial charge in [0.1, 0.15) is 16.3 Å². The number of nitrogens with one attached hydrogen (secondary N) is 2. The van der Waals surface area contributed by atoms with Crippen LogP contribution >= 0.6 is 11.3 Å². The molecule has 2 amide bonds. The second kappa shape index (κ2) is 10.5. The van der Waals surface area contributed by atoms with Crippen LogP contribution in [0.2, 0.25) is 0 Å². The molecule has 0 bridgehead atoms. The van der Waals surface area contributed by atoms with Crippen molar-refractivity contribution >= 4 is 34.0 Å². The molecule has 0 atom stereocenters. The summed E-state index contributed by atoms with van der Waals surface area (Å²) in [5.74, 6) is 0.296. The quantitative estimate of drug-likeness (QED) is 0.433. The molecule has 1 aromatic heterocycles. The van der Waals surface area contributed by atoms with E-state index in [1.165, 1.54) is 11.3 Å². The lowest BCUT2D eigenvalue weighted by Gasteiger charge is -2.10. The highest BCUT2D eigenvalue weighted by molar-refractivity contribution is 7.15. The smallest absolute Gasteiger partial charge is 0.341 e. The zero-order chi connectivity index (χ0) is 21.3. The Bertz CT molecular complexity index is 984. The first-order valence-corrected chi connectivity index (χ1v) is 10.6. The lowest BCUT2D eigenvalue weighted by Crippen LogP contribution is -2.20. The highest BCUT2D eigenvalue weighted by atomic mass is 32.1. The summed E-state index contributed by atoms with van der Waals surface area (Å²) in [6, 6.07) is 16.2. The lowest BCUT2D eigenvalue weighted by molar-refractivity contribution is 0.0529. The Kier molecular flexibility index (Phi) is 7.45. The fourth-order valence-electron chi connectivity index (χ4n) is 2.81. The van der Waals surface area contributed by atoms with Crippen molar-refractivity contribution in [2.24, 2.45) is 0 Å². The number of anilines is 2. The second-order valence-electron chi connectivity index (χ2n) is 6.39. The molecule has 0 aliphatic rings. The van der Waals surface area contributed by atoms with Crippen molar-refractivity contribution in [3.63, 3.8) is 0 Å². The Morgan fingerprint density at radius 1 is 0.967 bits per heavy atom. The Morgan fingerprint density at radius 2 is 1.70 bits per heavy atom. The van der Waals surface area contributed by atoms with Crippen molar-refractivity contribution in [3.05, 3.63) is 65.5 Å². The molecule has 3 aromatic rings.